The fraction of sp³-hybridized carbons (Fsp3) is 0.130. The van der Waals surface area contributed by atoms with Crippen LogP contribution in [0.25, 0.3) is 5.70 Å². The first-order valence-corrected chi connectivity index (χ1v) is 10.8. The molecule has 1 heterocycles. The average Bonchev–Trinajstić information content (AvgIpc) is 2.94. The third-order valence-electron chi connectivity index (χ3n) is 4.74. The minimum absolute atomic E-state index is 1.09. The molecule has 3 aromatic rings. The largest absolute Gasteiger partial charge is 0.258 e. The predicted octanol–water partition coefficient (Wildman–Crippen LogP) is 5.67. The molecule has 3 aromatic carbocycles. The van der Waals surface area contributed by atoms with Crippen LogP contribution in [0.5, 0.6) is 0 Å². The lowest BCUT2D eigenvalue weighted by atomic mass is 10.1. The SMILES string of the molecule is C1=C(c2ccccc2)N=P(c2ccccc2)(c2ccccc2)CCC1. The van der Waals surface area contributed by atoms with Gasteiger partial charge in [-0.3, -0.25) is 4.74 Å². The maximum absolute atomic E-state index is 5.49. The van der Waals surface area contributed by atoms with Crippen LogP contribution >= 0.6 is 7.05 Å². The van der Waals surface area contributed by atoms with Crippen LogP contribution in [0.2, 0.25) is 0 Å². The van der Waals surface area contributed by atoms with Gasteiger partial charge in [-0.2, -0.15) is 0 Å². The second kappa shape index (κ2) is 7.25. The smallest absolute Gasteiger partial charge is 0.0653 e. The molecular formula is C23H22NP. The van der Waals surface area contributed by atoms with Gasteiger partial charge in [-0.15, -0.1) is 0 Å². The van der Waals surface area contributed by atoms with Crippen LogP contribution in [0.15, 0.2) is 102 Å². The van der Waals surface area contributed by atoms with Crippen molar-refractivity contribution >= 4 is 23.4 Å². The highest BCUT2D eigenvalue weighted by atomic mass is 31.2. The van der Waals surface area contributed by atoms with Crippen molar-refractivity contribution in [1.82, 2.24) is 0 Å². The van der Waals surface area contributed by atoms with E-state index in [1.807, 2.05) is 0 Å². The van der Waals surface area contributed by atoms with Crippen LogP contribution in [0.4, 0.5) is 0 Å². The molecule has 0 unspecified atom stereocenters. The van der Waals surface area contributed by atoms with Gasteiger partial charge in [0.2, 0.25) is 0 Å². The lowest BCUT2D eigenvalue weighted by Crippen LogP contribution is -2.18. The summed E-state index contributed by atoms with van der Waals surface area (Å²) in [6, 6.07) is 32.4. The molecule has 0 atom stereocenters. The van der Waals surface area contributed by atoms with E-state index in [0.717, 1.165) is 18.3 Å². The predicted molar refractivity (Wildman–Crippen MR) is 110 cm³/mol. The first kappa shape index (κ1) is 16.1. The zero-order valence-corrected chi connectivity index (χ0v) is 15.1. The van der Waals surface area contributed by atoms with E-state index in [0.29, 0.717) is 0 Å². The minimum atomic E-state index is -1.80. The average molecular weight is 343 g/mol. The first-order chi connectivity index (χ1) is 12.4. The van der Waals surface area contributed by atoms with E-state index < -0.39 is 7.05 Å². The Hall–Kier alpha value is -2.37. The summed E-state index contributed by atoms with van der Waals surface area (Å²) < 4.78 is 5.49. The molecule has 0 saturated carbocycles. The summed E-state index contributed by atoms with van der Waals surface area (Å²) in [7, 11) is -1.80. The molecule has 4 rings (SSSR count). The Morgan fingerprint density at radius 1 is 0.640 bits per heavy atom. The molecule has 1 aliphatic heterocycles. The van der Waals surface area contributed by atoms with Gasteiger partial charge in [-0.05, 0) is 35.2 Å². The fourth-order valence-corrected chi connectivity index (χ4v) is 7.17. The maximum atomic E-state index is 5.49. The third-order valence-corrected chi connectivity index (χ3v) is 8.56. The zero-order chi connectivity index (χ0) is 17.0. The van der Waals surface area contributed by atoms with Crippen molar-refractivity contribution in [2.45, 2.75) is 12.8 Å². The summed E-state index contributed by atoms with van der Waals surface area (Å²) >= 11 is 0. The molecule has 0 aliphatic carbocycles. The Morgan fingerprint density at radius 2 is 1.16 bits per heavy atom. The van der Waals surface area contributed by atoms with Crippen LogP contribution in [0.1, 0.15) is 18.4 Å². The molecule has 0 radical (unpaired) electrons. The van der Waals surface area contributed by atoms with Crippen LogP contribution in [0, 0.1) is 0 Å². The molecule has 0 saturated heterocycles. The zero-order valence-electron chi connectivity index (χ0n) is 14.3. The van der Waals surface area contributed by atoms with Gasteiger partial charge in [0.15, 0.2) is 0 Å². The highest BCUT2D eigenvalue weighted by Crippen LogP contribution is 2.52. The van der Waals surface area contributed by atoms with Gasteiger partial charge in [0.1, 0.15) is 0 Å². The number of nitrogens with zero attached hydrogens (tertiary/aromatic N) is 1. The van der Waals surface area contributed by atoms with Crippen molar-refractivity contribution < 1.29 is 0 Å². The number of allylic oxidation sites excluding steroid dienone is 1. The molecule has 25 heavy (non-hydrogen) atoms. The number of benzene rings is 3. The molecule has 0 bridgehead atoms. The van der Waals surface area contributed by atoms with Crippen LogP contribution < -0.4 is 10.6 Å². The standard InChI is InChI=1S/C23H22NP/c1-4-12-20(13-5-1)23-18-10-11-19-25(24-23,21-14-6-2-7-15-21)22-16-8-3-9-17-22/h1-9,12-18H,10-11,19H2. The van der Waals surface area contributed by atoms with E-state index in [1.54, 1.807) is 0 Å². The van der Waals surface area contributed by atoms with Crippen molar-refractivity contribution in [3.8, 4) is 0 Å². The van der Waals surface area contributed by atoms with Gasteiger partial charge in [0.25, 0.3) is 0 Å². The summed E-state index contributed by atoms with van der Waals surface area (Å²) in [5.41, 5.74) is 2.37. The molecule has 0 fully saturated rings. The third kappa shape index (κ3) is 3.25. The van der Waals surface area contributed by atoms with Crippen LogP contribution in [0.3, 0.4) is 0 Å². The molecular weight excluding hydrogens is 321 g/mol. The van der Waals surface area contributed by atoms with E-state index in [2.05, 4.69) is 97.1 Å². The molecule has 0 spiro atoms. The lowest BCUT2D eigenvalue weighted by Gasteiger charge is -2.25. The summed E-state index contributed by atoms with van der Waals surface area (Å²) in [5, 5.41) is 2.76. The lowest BCUT2D eigenvalue weighted by molar-refractivity contribution is 0.972. The van der Waals surface area contributed by atoms with Gasteiger partial charge >= 0.3 is 0 Å². The quantitative estimate of drug-likeness (QED) is 0.543. The molecule has 0 aromatic heterocycles. The molecule has 2 heteroatoms. The Balaban J connectivity index is 1.97. The molecule has 124 valence electrons. The van der Waals surface area contributed by atoms with Gasteiger partial charge in [-0.25, -0.2) is 0 Å². The molecule has 1 nitrogen and oxygen atoms in total. The number of hydrogen-bond donors (Lipinski definition) is 0. The van der Waals surface area contributed by atoms with Crippen LogP contribution in [-0.4, -0.2) is 6.16 Å². The monoisotopic (exact) mass is 343 g/mol. The van der Waals surface area contributed by atoms with Crippen molar-refractivity contribution in [2.24, 2.45) is 4.74 Å². The summed E-state index contributed by atoms with van der Waals surface area (Å²) in [6.45, 7) is 0. The Morgan fingerprint density at radius 3 is 1.72 bits per heavy atom. The van der Waals surface area contributed by atoms with E-state index >= 15 is 0 Å². The maximum Gasteiger partial charge on any atom is 0.0653 e. The topological polar surface area (TPSA) is 12.4 Å². The highest BCUT2D eigenvalue weighted by Gasteiger charge is 2.26. The van der Waals surface area contributed by atoms with Crippen molar-refractivity contribution in [3.05, 3.63) is 103 Å². The van der Waals surface area contributed by atoms with Crippen molar-refractivity contribution in [2.75, 3.05) is 6.16 Å². The van der Waals surface area contributed by atoms with Crippen molar-refractivity contribution in [1.29, 1.82) is 0 Å². The van der Waals surface area contributed by atoms with Crippen LogP contribution in [-0.2, 0) is 0 Å². The van der Waals surface area contributed by atoms with Gasteiger partial charge in [0.05, 0.1) is 5.70 Å². The second-order valence-electron chi connectivity index (χ2n) is 6.36. The fourth-order valence-electron chi connectivity index (χ4n) is 3.49. The normalized spacial score (nSPS) is 16.4. The van der Waals surface area contributed by atoms with Crippen molar-refractivity contribution in [3.63, 3.8) is 0 Å². The molecule has 0 N–H and O–H groups in total. The minimum Gasteiger partial charge on any atom is -0.258 e. The molecule has 0 amide bonds. The summed E-state index contributed by atoms with van der Waals surface area (Å²) in [4.78, 5) is 0. The summed E-state index contributed by atoms with van der Waals surface area (Å²) in [6.07, 6.45) is 5.73. The highest BCUT2D eigenvalue weighted by molar-refractivity contribution is 7.81. The van der Waals surface area contributed by atoms with E-state index in [1.165, 1.54) is 22.6 Å². The first-order valence-electron chi connectivity index (χ1n) is 8.87. The van der Waals surface area contributed by atoms with E-state index in [4.69, 9.17) is 4.74 Å². The summed E-state index contributed by atoms with van der Waals surface area (Å²) in [5.74, 6) is 0. The second-order valence-corrected chi connectivity index (χ2v) is 9.58. The Labute approximate surface area is 150 Å². The van der Waals surface area contributed by atoms with E-state index in [9.17, 15) is 0 Å². The van der Waals surface area contributed by atoms with E-state index in [-0.39, 0.29) is 0 Å². The Bertz CT molecular complexity index is 869. The number of hydrogen-bond acceptors (Lipinski definition) is 1. The molecule has 1 aliphatic rings. The Kier molecular flexibility index (Phi) is 4.68. The number of rotatable bonds is 3. The van der Waals surface area contributed by atoms with Gasteiger partial charge in [-0.1, -0.05) is 97.1 Å². The van der Waals surface area contributed by atoms with Gasteiger partial charge < -0.3 is 0 Å². The van der Waals surface area contributed by atoms with Gasteiger partial charge in [0, 0.05) is 7.05 Å².